The summed E-state index contributed by atoms with van der Waals surface area (Å²) in [5.41, 5.74) is 2.34. The lowest BCUT2D eigenvalue weighted by Gasteiger charge is -2.30. The van der Waals surface area contributed by atoms with Gasteiger partial charge in [-0.15, -0.1) is 0 Å². The predicted molar refractivity (Wildman–Crippen MR) is 113 cm³/mol. The number of fused-ring (bicyclic) bond motifs is 1. The number of hydrogen-bond acceptors (Lipinski definition) is 4. The highest BCUT2D eigenvalue weighted by Gasteiger charge is 2.29. The molecule has 0 aliphatic carbocycles. The zero-order valence-corrected chi connectivity index (χ0v) is 18.2. The highest BCUT2D eigenvalue weighted by Crippen LogP contribution is 2.29. The predicted octanol–water partition coefficient (Wildman–Crippen LogP) is 3.33. The minimum Gasteiger partial charge on any atom is -0.492 e. The SMILES string of the molecule is CCOc1ccc(S(=O)(=O)N(CC)CC(=O)N2CCc3ccccc3C2)cc1Cl. The average molecular weight is 437 g/mol. The molecule has 3 rings (SSSR count). The van der Waals surface area contributed by atoms with E-state index in [4.69, 9.17) is 16.3 Å². The molecule has 1 aliphatic rings. The van der Waals surface area contributed by atoms with Crippen LogP contribution in [0.3, 0.4) is 0 Å². The molecule has 0 aromatic heterocycles. The van der Waals surface area contributed by atoms with Gasteiger partial charge in [0.2, 0.25) is 15.9 Å². The van der Waals surface area contributed by atoms with Gasteiger partial charge in [-0.25, -0.2) is 8.42 Å². The molecule has 1 heterocycles. The quantitative estimate of drug-likeness (QED) is 0.667. The number of nitrogens with zero attached hydrogens (tertiary/aromatic N) is 2. The van der Waals surface area contributed by atoms with Crippen LogP contribution in [0, 0.1) is 0 Å². The maximum atomic E-state index is 13.1. The van der Waals surface area contributed by atoms with Crippen LogP contribution in [0.25, 0.3) is 0 Å². The van der Waals surface area contributed by atoms with Gasteiger partial charge in [0.15, 0.2) is 0 Å². The molecule has 29 heavy (non-hydrogen) atoms. The van der Waals surface area contributed by atoms with Crippen LogP contribution < -0.4 is 4.74 Å². The van der Waals surface area contributed by atoms with Gasteiger partial charge in [-0.05, 0) is 42.7 Å². The Bertz CT molecular complexity index is 994. The topological polar surface area (TPSA) is 66.9 Å². The van der Waals surface area contributed by atoms with Crippen molar-refractivity contribution in [3.8, 4) is 5.75 Å². The van der Waals surface area contributed by atoms with Gasteiger partial charge in [0, 0.05) is 19.6 Å². The van der Waals surface area contributed by atoms with E-state index in [0.29, 0.717) is 25.4 Å². The van der Waals surface area contributed by atoms with E-state index < -0.39 is 10.0 Å². The molecule has 0 spiro atoms. The Labute approximate surface area is 177 Å². The molecule has 0 N–H and O–H groups in total. The Morgan fingerprint density at radius 1 is 1.17 bits per heavy atom. The summed E-state index contributed by atoms with van der Waals surface area (Å²) < 4.78 is 32.7. The number of ether oxygens (including phenoxy) is 1. The zero-order valence-electron chi connectivity index (χ0n) is 16.6. The van der Waals surface area contributed by atoms with Crippen molar-refractivity contribution in [3.05, 3.63) is 58.6 Å². The van der Waals surface area contributed by atoms with E-state index in [1.807, 2.05) is 25.1 Å². The number of likely N-dealkylation sites (N-methyl/N-ethyl adjacent to an activating group) is 1. The number of carbonyl (C=O) groups excluding carboxylic acids is 1. The lowest BCUT2D eigenvalue weighted by molar-refractivity contribution is -0.132. The van der Waals surface area contributed by atoms with Crippen LogP contribution in [0.15, 0.2) is 47.4 Å². The van der Waals surface area contributed by atoms with Crippen molar-refractivity contribution in [2.75, 3.05) is 26.2 Å². The summed E-state index contributed by atoms with van der Waals surface area (Å²) in [5, 5.41) is 0.225. The van der Waals surface area contributed by atoms with E-state index in [9.17, 15) is 13.2 Å². The second-order valence-electron chi connectivity index (χ2n) is 6.79. The summed E-state index contributed by atoms with van der Waals surface area (Å²) in [4.78, 5) is 14.6. The summed E-state index contributed by atoms with van der Waals surface area (Å²) in [6.45, 7) is 5.04. The Balaban J connectivity index is 1.75. The summed E-state index contributed by atoms with van der Waals surface area (Å²) >= 11 is 6.15. The Morgan fingerprint density at radius 3 is 2.55 bits per heavy atom. The third-order valence-electron chi connectivity index (χ3n) is 4.99. The molecule has 0 atom stereocenters. The number of carbonyl (C=O) groups is 1. The number of rotatable bonds is 7. The largest absolute Gasteiger partial charge is 0.492 e. The van der Waals surface area contributed by atoms with Crippen molar-refractivity contribution < 1.29 is 17.9 Å². The fraction of sp³-hybridized carbons (Fsp3) is 0.381. The molecule has 0 bridgehead atoms. The first-order valence-electron chi connectivity index (χ1n) is 9.63. The van der Waals surface area contributed by atoms with Crippen LogP contribution in [0.2, 0.25) is 5.02 Å². The molecule has 0 unspecified atom stereocenters. The van der Waals surface area contributed by atoms with Crippen LogP contribution in [0.4, 0.5) is 0 Å². The van der Waals surface area contributed by atoms with Gasteiger partial charge in [-0.3, -0.25) is 4.79 Å². The van der Waals surface area contributed by atoms with E-state index in [0.717, 1.165) is 12.0 Å². The second-order valence-corrected chi connectivity index (χ2v) is 9.14. The molecule has 1 aliphatic heterocycles. The van der Waals surface area contributed by atoms with Crippen LogP contribution in [0.5, 0.6) is 5.75 Å². The molecular formula is C21H25ClN2O4S. The van der Waals surface area contributed by atoms with Crippen molar-refractivity contribution in [1.29, 1.82) is 0 Å². The van der Waals surface area contributed by atoms with Crippen molar-refractivity contribution in [2.24, 2.45) is 0 Å². The first-order chi connectivity index (χ1) is 13.9. The number of sulfonamides is 1. The molecule has 156 valence electrons. The highest BCUT2D eigenvalue weighted by atomic mass is 35.5. The fourth-order valence-electron chi connectivity index (χ4n) is 3.39. The normalized spacial score (nSPS) is 14.0. The summed E-state index contributed by atoms with van der Waals surface area (Å²) in [6.07, 6.45) is 0.773. The minimum atomic E-state index is -3.85. The fourth-order valence-corrected chi connectivity index (χ4v) is 5.11. The maximum Gasteiger partial charge on any atom is 0.243 e. The van der Waals surface area contributed by atoms with Gasteiger partial charge < -0.3 is 9.64 Å². The maximum absolute atomic E-state index is 13.1. The molecule has 6 nitrogen and oxygen atoms in total. The van der Waals surface area contributed by atoms with Gasteiger partial charge >= 0.3 is 0 Å². The average Bonchev–Trinajstić information content (AvgIpc) is 2.72. The van der Waals surface area contributed by atoms with Gasteiger partial charge in [-0.1, -0.05) is 42.8 Å². The molecule has 0 saturated carbocycles. The van der Waals surface area contributed by atoms with Gasteiger partial charge in [0.25, 0.3) is 0 Å². The lowest BCUT2D eigenvalue weighted by Crippen LogP contribution is -2.44. The molecular weight excluding hydrogens is 412 g/mol. The number of benzene rings is 2. The monoisotopic (exact) mass is 436 g/mol. The molecule has 1 amide bonds. The van der Waals surface area contributed by atoms with Gasteiger partial charge in [0.1, 0.15) is 5.75 Å². The summed E-state index contributed by atoms with van der Waals surface area (Å²) in [7, 11) is -3.85. The molecule has 0 saturated heterocycles. The molecule has 0 fully saturated rings. The summed E-state index contributed by atoms with van der Waals surface area (Å²) in [5.74, 6) is 0.223. The van der Waals surface area contributed by atoms with Gasteiger partial charge in [-0.2, -0.15) is 4.31 Å². The minimum absolute atomic E-state index is 0.0459. The van der Waals surface area contributed by atoms with E-state index in [1.165, 1.54) is 28.1 Å². The summed E-state index contributed by atoms with van der Waals surface area (Å²) in [6, 6.07) is 12.4. The number of amides is 1. The third kappa shape index (κ3) is 4.74. The Kier molecular flexibility index (Phi) is 6.82. The van der Waals surface area contributed by atoms with Crippen molar-refractivity contribution in [2.45, 2.75) is 31.7 Å². The highest BCUT2D eigenvalue weighted by molar-refractivity contribution is 7.89. The van der Waals surface area contributed by atoms with E-state index in [1.54, 1.807) is 11.8 Å². The smallest absolute Gasteiger partial charge is 0.243 e. The second kappa shape index (κ2) is 9.15. The number of halogens is 1. The van der Waals surface area contributed by atoms with Crippen LogP contribution >= 0.6 is 11.6 Å². The third-order valence-corrected chi connectivity index (χ3v) is 7.20. The molecule has 2 aromatic rings. The first-order valence-corrected chi connectivity index (χ1v) is 11.5. The van der Waals surface area contributed by atoms with Crippen molar-refractivity contribution >= 4 is 27.5 Å². The lowest BCUT2D eigenvalue weighted by atomic mass is 10.00. The van der Waals surface area contributed by atoms with Crippen LogP contribution in [-0.4, -0.2) is 49.8 Å². The Hall–Kier alpha value is -2.09. The molecule has 0 radical (unpaired) electrons. The van der Waals surface area contributed by atoms with Crippen LogP contribution in [-0.2, 0) is 27.8 Å². The van der Waals surface area contributed by atoms with E-state index in [2.05, 4.69) is 6.07 Å². The van der Waals surface area contributed by atoms with E-state index in [-0.39, 0.29) is 28.9 Å². The zero-order chi connectivity index (χ0) is 21.0. The number of hydrogen-bond donors (Lipinski definition) is 0. The standard InChI is InChI=1S/C21H25ClN2O4S/c1-3-24(29(26,27)18-9-10-20(28-4-2)19(22)13-18)15-21(25)23-12-11-16-7-5-6-8-17(16)14-23/h5-10,13H,3-4,11-12,14-15H2,1-2H3. The van der Waals surface area contributed by atoms with E-state index >= 15 is 0 Å². The molecule has 8 heteroatoms. The van der Waals surface area contributed by atoms with Crippen LogP contribution in [0.1, 0.15) is 25.0 Å². The van der Waals surface area contributed by atoms with Gasteiger partial charge in [0.05, 0.1) is 23.1 Å². The van der Waals surface area contributed by atoms with Crippen molar-refractivity contribution in [3.63, 3.8) is 0 Å². The first kappa shape index (κ1) is 21.6. The van der Waals surface area contributed by atoms with Crippen molar-refractivity contribution in [1.82, 2.24) is 9.21 Å². The molecule has 2 aromatic carbocycles. The Morgan fingerprint density at radius 2 is 1.90 bits per heavy atom.